The van der Waals surface area contributed by atoms with Gasteiger partial charge in [0.05, 0.1) is 17.3 Å². The van der Waals surface area contributed by atoms with Crippen molar-refractivity contribution in [1.82, 2.24) is 4.98 Å². The van der Waals surface area contributed by atoms with Gasteiger partial charge in [-0.05, 0) is 18.6 Å². The van der Waals surface area contributed by atoms with Crippen LogP contribution in [-0.2, 0) is 6.42 Å². The Morgan fingerprint density at radius 3 is 3.13 bits per heavy atom. The van der Waals surface area contributed by atoms with Gasteiger partial charge in [0.25, 0.3) is 0 Å². The Kier molecular flexibility index (Phi) is 1.99. The first-order valence-corrected chi connectivity index (χ1v) is 5.89. The molecule has 15 heavy (non-hydrogen) atoms. The molecule has 0 N–H and O–H groups in total. The van der Waals surface area contributed by atoms with Crippen LogP contribution in [0.5, 0.6) is 5.75 Å². The summed E-state index contributed by atoms with van der Waals surface area (Å²) < 4.78 is 5.54. The van der Waals surface area contributed by atoms with Crippen LogP contribution in [0, 0.1) is 6.92 Å². The van der Waals surface area contributed by atoms with Gasteiger partial charge in [0.2, 0.25) is 0 Å². The van der Waals surface area contributed by atoms with Gasteiger partial charge in [0.1, 0.15) is 5.75 Å². The fourth-order valence-corrected chi connectivity index (χ4v) is 2.44. The van der Waals surface area contributed by atoms with E-state index in [2.05, 4.69) is 28.6 Å². The fourth-order valence-electron chi connectivity index (χ4n) is 1.82. The third kappa shape index (κ3) is 1.53. The largest absolute Gasteiger partial charge is 0.493 e. The van der Waals surface area contributed by atoms with Crippen LogP contribution in [0.3, 0.4) is 0 Å². The molecule has 0 fully saturated rings. The summed E-state index contributed by atoms with van der Waals surface area (Å²) in [5, 5.41) is 3.19. The van der Waals surface area contributed by atoms with Gasteiger partial charge in [-0.15, -0.1) is 11.3 Å². The molecule has 2 aromatic rings. The van der Waals surface area contributed by atoms with E-state index < -0.39 is 0 Å². The average molecular weight is 217 g/mol. The monoisotopic (exact) mass is 217 g/mol. The van der Waals surface area contributed by atoms with E-state index in [1.807, 2.05) is 6.92 Å². The van der Waals surface area contributed by atoms with Gasteiger partial charge < -0.3 is 4.74 Å². The molecule has 2 nitrogen and oxygen atoms in total. The van der Waals surface area contributed by atoms with E-state index in [0.717, 1.165) is 35.0 Å². The summed E-state index contributed by atoms with van der Waals surface area (Å²) in [4.78, 5) is 4.47. The summed E-state index contributed by atoms with van der Waals surface area (Å²) in [5.74, 6) is 1.03. The number of thiazole rings is 1. The Balaban J connectivity index is 2.06. The number of rotatable bonds is 1. The van der Waals surface area contributed by atoms with Gasteiger partial charge in [-0.25, -0.2) is 4.98 Å². The summed E-state index contributed by atoms with van der Waals surface area (Å²) in [7, 11) is 0. The van der Waals surface area contributed by atoms with E-state index in [1.165, 1.54) is 5.56 Å². The molecule has 1 aromatic carbocycles. The van der Waals surface area contributed by atoms with Crippen LogP contribution >= 0.6 is 11.3 Å². The quantitative estimate of drug-likeness (QED) is 0.732. The van der Waals surface area contributed by atoms with E-state index >= 15 is 0 Å². The maximum atomic E-state index is 5.54. The molecule has 3 rings (SSSR count). The Morgan fingerprint density at radius 2 is 2.33 bits per heavy atom. The third-order valence-corrected chi connectivity index (χ3v) is 3.38. The van der Waals surface area contributed by atoms with Crippen LogP contribution in [0.25, 0.3) is 11.3 Å². The Morgan fingerprint density at radius 1 is 1.40 bits per heavy atom. The number of hydrogen-bond donors (Lipinski definition) is 0. The molecule has 0 aliphatic carbocycles. The van der Waals surface area contributed by atoms with E-state index in [-0.39, 0.29) is 0 Å². The maximum Gasteiger partial charge on any atom is 0.123 e. The molecule has 0 atom stereocenters. The normalized spacial score (nSPS) is 13.7. The Hall–Kier alpha value is -1.35. The van der Waals surface area contributed by atoms with E-state index in [0.29, 0.717) is 0 Å². The lowest BCUT2D eigenvalue weighted by molar-refractivity contribution is 0.357. The predicted octanol–water partition coefficient (Wildman–Crippen LogP) is 3.05. The number of benzene rings is 1. The number of aromatic nitrogens is 1. The highest BCUT2D eigenvalue weighted by Gasteiger charge is 2.13. The number of nitrogens with zero attached hydrogens (tertiary/aromatic N) is 1. The van der Waals surface area contributed by atoms with Crippen molar-refractivity contribution in [2.24, 2.45) is 0 Å². The van der Waals surface area contributed by atoms with Crippen molar-refractivity contribution >= 4 is 11.3 Å². The standard InChI is InChI=1S/C12H11NOS/c1-8-13-11(7-15-8)10-3-2-9-4-5-14-12(9)6-10/h2-3,6-7H,4-5H2,1H3. The van der Waals surface area contributed by atoms with Crippen LogP contribution < -0.4 is 4.74 Å². The van der Waals surface area contributed by atoms with E-state index in [9.17, 15) is 0 Å². The maximum absolute atomic E-state index is 5.54. The molecule has 2 heterocycles. The molecule has 0 unspecified atom stereocenters. The Labute approximate surface area is 92.6 Å². The van der Waals surface area contributed by atoms with E-state index in [1.54, 1.807) is 11.3 Å². The van der Waals surface area contributed by atoms with Crippen LogP contribution in [0.4, 0.5) is 0 Å². The predicted molar refractivity (Wildman–Crippen MR) is 61.5 cm³/mol. The fraction of sp³-hybridized carbons (Fsp3) is 0.250. The van der Waals surface area contributed by atoms with Crippen molar-refractivity contribution in [2.75, 3.05) is 6.61 Å². The lowest BCUT2D eigenvalue weighted by Crippen LogP contribution is -1.86. The van der Waals surface area contributed by atoms with Crippen molar-refractivity contribution in [2.45, 2.75) is 13.3 Å². The van der Waals surface area contributed by atoms with Crippen LogP contribution in [0.1, 0.15) is 10.6 Å². The molecule has 0 saturated carbocycles. The van der Waals surface area contributed by atoms with Gasteiger partial charge in [0.15, 0.2) is 0 Å². The first kappa shape index (κ1) is 8.92. The summed E-state index contributed by atoms with van der Waals surface area (Å²) >= 11 is 1.68. The highest BCUT2D eigenvalue weighted by atomic mass is 32.1. The zero-order valence-corrected chi connectivity index (χ0v) is 9.30. The summed E-state index contributed by atoms with van der Waals surface area (Å²) in [6.45, 7) is 2.84. The van der Waals surface area contributed by atoms with Crippen molar-refractivity contribution in [3.8, 4) is 17.0 Å². The Bertz CT molecular complexity index is 504. The van der Waals surface area contributed by atoms with Gasteiger partial charge in [-0.1, -0.05) is 12.1 Å². The smallest absolute Gasteiger partial charge is 0.123 e. The zero-order valence-electron chi connectivity index (χ0n) is 8.49. The second kappa shape index (κ2) is 3.35. The average Bonchev–Trinajstić information content (AvgIpc) is 2.84. The zero-order chi connectivity index (χ0) is 10.3. The lowest BCUT2D eigenvalue weighted by atomic mass is 10.1. The number of fused-ring (bicyclic) bond motifs is 1. The molecule has 0 spiro atoms. The number of aryl methyl sites for hydroxylation is 1. The minimum atomic E-state index is 0.814. The molecule has 0 bridgehead atoms. The first-order valence-electron chi connectivity index (χ1n) is 5.01. The topological polar surface area (TPSA) is 22.1 Å². The third-order valence-electron chi connectivity index (χ3n) is 2.61. The van der Waals surface area contributed by atoms with Gasteiger partial charge in [-0.2, -0.15) is 0 Å². The molecule has 1 aliphatic heterocycles. The van der Waals surface area contributed by atoms with Crippen molar-refractivity contribution in [3.63, 3.8) is 0 Å². The summed E-state index contributed by atoms with van der Waals surface area (Å²) in [6.07, 6.45) is 1.03. The van der Waals surface area contributed by atoms with Crippen molar-refractivity contribution in [1.29, 1.82) is 0 Å². The van der Waals surface area contributed by atoms with E-state index in [4.69, 9.17) is 4.74 Å². The molecule has 0 saturated heterocycles. The second-order valence-corrected chi connectivity index (χ2v) is 4.73. The molecule has 0 amide bonds. The minimum absolute atomic E-state index is 0.814. The second-order valence-electron chi connectivity index (χ2n) is 3.67. The van der Waals surface area contributed by atoms with Crippen molar-refractivity contribution < 1.29 is 4.74 Å². The van der Waals surface area contributed by atoms with Crippen molar-refractivity contribution in [3.05, 3.63) is 34.2 Å². The SMILES string of the molecule is Cc1nc(-c2ccc3c(c2)OCC3)cs1. The molecule has 1 aromatic heterocycles. The molecule has 0 radical (unpaired) electrons. The highest BCUT2D eigenvalue weighted by molar-refractivity contribution is 7.09. The molecular formula is C12H11NOS. The summed E-state index contributed by atoms with van der Waals surface area (Å²) in [6, 6.07) is 6.37. The highest BCUT2D eigenvalue weighted by Crippen LogP contribution is 2.31. The molecule has 3 heteroatoms. The minimum Gasteiger partial charge on any atom is -0.493 e. The van der Waals surface area contributed by atoms with Crippen LogP contribution in [0.2, 0.25) is 0 Å². The van der Waals surface area contributed by atoms with Gasteiger partial charge >= 0.3 is 0 Å². The van der Waals surface area contributed by atoms with Crippen LogP contribution in [0.15, 0.2) is 23.6 Å². The molecular weight excluding hydrogens is 206 g/mol. The summed E-state index contributed by atoms with van der Waals surface area (Å²) in [5.41, 5.74) is 3.52. The van der Waals surface area contributed by atoms with Gasteiger partial charge in [-0.3, -0.25) is 0 Å². The number of hydrogen-bond acceptors (Lipinski definition) is 3. The molecule has 1 aliphatic rings. The molecule has 76 valence electrons. The number of ether oxygens (including phenoxy) is 1. The van der Waals surface area contributed by atoms with Gasteiger partial charge in [0, 0.05) is 17.4 Å². The first-order chi connectivity index (χ1) is 7.33. The lowest BCUT2D eigenvalue weighted by Gasteiger charge is -2.01. The van der Waals surface area contributed by atoms with Crippen LogP contribution in [-0.4, -0.2) is 11.6 Å².